The topological polar surface area (TPSA) is 97.1 Å². The van der Waals surface area contributed by atoms with Crippen molar-refractivity contribution < 1.29 is 14.0 Å². The molecular weight excluding hydrogens is 495 g/mol. The number of carbonyl (C=O) groups is 2. The number of halogens is 2. The molecule has 0 aliphatic heterocycles. The van der Waals surface area contributed by atoms with Gasteiger partial charge in [0.2, 0.25) is 5.89 Å². The SMILES string of the molecule is O=C(Nc1nnc(-c2ccccc2)o1)c1ccccc1NC(=O)c1sc2cc(Cl)ccc2c1Cl. The fraction of sp³-hybridized carbons (Fsp3) is 0. The Balaban J connectivity index is 1.37. The summed E-state index contributed by atoms with van der Waals surface area (Å²) >= 11 is 13.7. The van der Waals surface area contributed by atoms with Gasteiger partial charge in [0.1, 0.15) is 4.88 Å². The highest BCUT2D eigenvalue weighted by molar-refractivity contribution is 7.21. The van der Waals surface area contributed by atoms with Gasteiger partial charge in [-0.25, -0.2) is 0 Å². The lowest BCUT2D eigenvalue weighted by molar-refractivity contribution is 0.102. The Morgan fingerprint density at radius 3 is 2.44 bits per heavy atom. The zero-order valence-corrected chi connectivity index (χ0v) is 19.5. The van der Waals surface area contributed by atoms with Gasteiger partial charge >= 0.3 is 6.01 Å². The zero-order valence-electron chi connectivity index (χ0n) is 17.2. The molecule has 0 radical (unpaired) electrons. The second kappa shape index (κ2) is 9.26. The number of anilines is 2. The lowest BCUT2D eigenvalue weighted by Crippen LogP contribution is -2.18. The van der Waals surface area contributed by atoms with Gasteiger partial charge in [-0.15, -0.1) is 16.4 Å². The van der Waals surface area contributed by atoms with Gasteiger partial charge in [-0.05, 0) is 36.4 Å². The molecule has 5 rings (SSSR count). The third-order valence-electron chi connectivity index (χ3n) is 4.88. The Kier molecular flexibility index (Phi) is 6.02. The summed E-state index contributed by atoms with van der Waals surface area (Å²) in [6, 6.07) is 20.9. The molecule has 168 valence electrons. The minimum absolute atomic E-state index is 0.0607. The summed E-state index contributed by atoms with van der Waals surface area (Å²) in [6.07, 6.45) is 0. The number of aromatic nitrogens is 2. The van der Waals surface area contributed by atoms with Crippen molar-refractivity contribution in [2.75, 3.05) is 10.6 Å². The molecule has 10 heteroatoms. The normalized spacial score (nSPS) is 10.9. The van der Waals surface area contributed by atoms with Gasteiger partial charge < -0.3 is 9.73 Å². The molecule has 5 aromatic rings. The molecule has 3 aromatic carbocycles. The van der Waals surface area contributed by atoms with Crippen LogP contribution in [0.3, 0.4) is 0 Å². The van der Waals surface area contributed by atoms with Crippen molar-refractivity contribution in [2.45, 2.75) is 0 Å². The lowest BCUT2D eigenvalue weighted by atomic mass is 10.1. The maximum Gasteiger partial charge on any atom is 0.322 e. The Bertz CT molecular complexity index is 1530. The number of nitrogens with one attached hydrogen (secondary N) is 2. The lowest BCUT2D eigenvalue weighted by Gasteiger charge is -2.09. The number of rotatable bonds is 5. The van der Waals surface area contributed by atoms with Crippen LogP contribution in [0.15, 0.2) is 77.2 Å². The molecule has 0 saturated carbocycles. The number of amides is 2. The average Bonchev–Trinajstić information content (AvgIpc) is 3.44. The molecule has 7 nitrogen and oxygen atoms in total. The first-order valence-corrected chi connectivity index (χ1v) is 11.5. The van der Waals surface area contributed by atoms with Crippen molar-refractivity contribution in [2.24, 2.45) is 0 Å². The van der Waals surface area contributed by atoms with Crippen LogP contribution in [0.4, 0.5) is 11.7 Å². The van der Waals surface area contributed by atoms with Crippen LogP contribution in [0.2, 0.25) is 10.0 Å². The van der Waals surface area contributed by atoms with Gasteiger partial charge in [0.25, 0.3) is 11.8 Å². The number of nitrogens with zero attached hydrogens (tertiary/aromatic N) is 2. The number of hydrogen-bond acceptors (Lipinski definition) is 6. The monoisotopic (exact) mass is 508 g/mol. The standard InChI is InChI=1S/C24H14Cl2N4O3S/c25-14-10-11-16-18(12-14)34-20(19(16)26)22(32)27-17-9-5-4-8-15(17)21(31)28-24-30-29-23(33-24)13-6-2-1-3-7-13/h1-12H,(H,27,32)(H,28,30,31). The van der Waals surface area contributed by atoms with E-state index in [1.54, 1.807) is 42.5 Å². The van der Waals surface area contributed by atoms with E-state index < -0.39 is 11.8 Å². The molecule has 0 bridgehead atoms. The van der Waals surface area contributed by atoms with E-state index in [2.05, 4.69) is 20.8 Å². The Morgan fingerprint density at radius 2 is 1.62 bits per heavy atom. The van der Waals surface area contributed by atoms with Crippen LogP contribution in [0.25, 0.3) is 21.5 Å². The smallest absolute Gasteiger partial charge is 0.322 e. The third-order valence-corrected chi connectivity index (χ3v) is 6.77. The van der Waals surface area contributed by atoms with E-state index in [1.165, 1.54) is 11.3 Å². The van der Waals surface area contributed by atoms with Crippen molar-refractivity contribution in [3.63, 3.8) is 0 Å². The van der Waals surface area contributed by atoms with Crippen LogP contribution >= 0.6 is 34.5 Å². The maximum atomic E-state index is 13.0. The minimum Gasteiger partial charge on any atom is -0.403 e. The van der Waals surface area contributed by atoms with E-state index in [1.807, 2.05) is 30.3 Å². The number of hydrogen-bond donors (Lipinski definition) is 2. The van der Waals surface area contributed by atoms with Crippen molar-refractivity contribution in [3.8, 4) is 11.5 Å². The highest BCUT2D eigenvalue weighted by Gasteiger charge is 2.21. The summed E-state index contributed by atoms with van der Waals surface area (Å²) in [5.41, 5.74) is 1.25. The van der Waals surface area contributed by atoms with E-state index >= 15 is 0 Å². The predicted octanol–water partition coefficient (Wildman–Crippen LogP) is 6.76. The van der Waals surface area contributed by atoms with E-state index in [0.29, 0.717) is 20.6 Å². The van der Waals surface area contributed by atoms with Gasteiger partial charge in [0.15, 0.2) is 0 Å². The first-order chi connectivity index (χ1) is 16.5. The molecule has 2 aromatic heterocycles. The number of para-hydroxylation sites is 1. The molecule has 0 atom stereocenters. The average molecular weight is 509 g/mol. The number of fused-ring (bicyclic) bond motifs is 1. The van der Waals surface area contributed by atoms with Crippen LogP contribution < -0.4 is 10.6 Å². The van der Waals surface area contributed by atoms with Crippen LogP contribution in [0.5, 0.6) is 0 Å². The van der Waals surface area contributed by atoms with Gasteiger partial charge in [-0.1, -0.05) is 64.7 Å². The molecule has 2 N–H and O–H groups in total. The summed E-state index contributed by atoms with van der Waals surface area (Å²) in [5.74, 6) is -0.683. The first-order valence-electron chi connectivity index (χ1n) is 9.98. The van der Waals surface area contributed by atoms with E-state index in [4.69, 9.17) is 27.6 Å². The molecule has 0 aliphatic rings. The maximum absolute atomic E-state index is 13.0. The van der Waals surface area contributed by atoms with E-state index in [0.717, 1.165) is 15.6 Å². The van der Waals surface area contributed by atoms with Crippen LogP contribution in [-0.4, -0.2) is 22.0 Å². The van der Waals surface area contributed by atoms with Crippen LogP contribution in [0.1, 0.15) is 20.0 Å². The summed E-state index contributed by atoms with van der Waals surface area (Å²) < 4.78 is 6.33. The first kappa shape index (κ1) is 22.1. The second-order valence-corrected chi connectivity index (χ2v) is 8.98. The third kappa shape index (κ3) is 4.38. The summed E-state index contributed by atoms with van der Waals surface area (Å²) in [7, 11) is 0. The number of thiophene rings is 1. The Labute approximate surface area is 207 Å². The van der Waals surface area contributed by atoms with Crippen molar-refractivity contribution in [1.82, 2.24) is 10.2 Å². The summed E-state index contributed by atoms with van der Waals surface area (Å²) in [4.78, 5) is 26.2. The van der Waals surface area contributed by atoms with Gasteiger partial charge in [-0.2, -0.15) is 0 Å². The van der Waals surface area contributed by atoms with Crippen molar-refractivity contribution in [3.05, 3.63) is 93.3 Å². The number of benzene rings is 3. The quantitative estimate of drug-likeness (QED) is 0.273. The van der Waals surface area contributed by atoms with Gasteiger partial charge in [0.05, 0.1) is 16.3 Å². The second-order valence-electron chi connectivity index (χ2n) is 7.12. The van der Waals surface area contributed by atoms with Crippen LogP contribution in [0, 0.1) is 0 Å². The fourth-order valence-corrected chi connectivity index (χ4v) is 4.98. The molecule has 0 aliphatic carbocycles. The zero-order chi connectivity index (χ0) is 23.7. The number of carbonyl (C=O) groups excluding carboxylic acids is 2. The van der Waals surface area contributed by atoms with Crippen molar-refractivity contribution >= 4 is 68.1 Å². The summed E-state index contributed by atoms with van der Waals surface area (Å²) in [6.45, 7) is 0. The molecule has 0 spiro atoms. The molecule has 0 saturated heterocycles. The summed E-state index contributed by atoms with van der Waals surface area (Å²) in [5, 5.41) is 14.8. The Hall–Kier alpha value is -3.72. The molecule has 0 fully saturated rings. The fourth-order valence-electron chi connectivity index (χ4n) is 3.29. The highest BCUT2D eigenvalue weighted by Crippen LogP contribution is 2.37. The molecule has 2 amide bonds. The van der Waals surface area contributed by atoms with E-state index in [-0.39, 0.29) is 17.5 Å². The Morgan fingerprint density at radius 1 is 0.853 bits per heavy atom. The highest BCUT2D eigenvalue weighted by atomic mass is 35.5. The molecule has 34 heavy (non-hydrogen) atoms. The molecule has 0 unspecified atom stereocenters. The van der Waals surface area contributed by atoms with Crippen molar-refractivity contribution in [1.29, 1.82) is 0 Å². The minimum atomic E-state index is -0.520. The predicted molar refractivity (Wildman–Crippen MR) is 134 cm³/mol. The molecule has 2 heterocycles. The largest absolute Gasteiger partial charge is 0.403 e. The van der Waals surface area contributed by atoms with Gasteiger partial charge in [-0.3, -0.25) is 14.9 Å². The van der Waals surface area contributed by atoms with E-state index in [9.17, 15) is 9.59 Å². The molecular formula is C24H14Cl2N4O3S. The van der Waals surface area contributed by atoms with Gasteiger partial charge in [0, 0.05) is 20.7 Å². The van der Waals surface area contributed by atoms with Crippen LogP contribution in [-0.2, 0) is 0 Å².